The van der Waals surface area contributed by atoms with Gasteiger partial charge in [-0.3, -0.25) is 4.79 Å². The van der Waals surface area contributed by atoms with Gasteiger partial charge < -0.3 is 20.7 Å². The number of nitrogens with one attached hydrogen (secondary N) is 1. The number of rotatable bonds is 6. The first-order valence-corrected chi connectivity index (χ1v) is 8.48. The summed E-state index contributed by atoms with van der Waals surface area (Å²) in [4.78, 5) is 14.4. The zero-order valence-corrected chi connectivity index (χ0v) is 14.8. The second kappa shape index (κ2) is 7.88. The summed E-state index contributed by atoms with van der Waals surface area (Å²) < 4.78 is 5.41. The number of carbonyl (C=O) groups excluding carboxylic acids is 1. The van der Waals surface area contributed by atoms with E-state index in [-0.39, 0.29) is 17.9 Å². The smallest absolute Gasteiger partial charge is 0.237 e. The standard InChI is InChI=1S/C17H26ClN3O2/c1-4-11(2)16(19)17(22)20-13-7-8-21(10-13)14-9-12(18)5-6-15(14)23-3/h5-6,9,11,13,16H,4,7-8,10,19H2,1-3H3,(H,20,22). The maximum atomic E-state index is 12.2. The number of amides is 1. The molecule has 0 aromatic heterocycles. The Morgan fingerprint density at radius 3 is 2.96 bits per heavy atom. The maximum absolute atomic E-state index is 12.2. The normalized spacial score (nSPS) is 20.2. The quantitative estimate of drug-likeness (QED) is 0.835. The Morgan fingerprint density at radius 2 is 2.30 bits per heavy atom. The molecule has 0 radical (unpaired) electrons. The topological polar surface area (TPSA) is 67.6 Å². The van der Waals surface area contributed by atoms with Crippen molar-refractivity contribution in [2.45, 2.75) is 38.8 Å². The number of nitrogens with two attached hydrogens (primary N) is 1. The third-order valence-corrected chi connectivity index (χ3v) is 4.81. The molecule has 0 bridgehead atoms. The zero-order chi connectivity index (χ0) is 17.0. The fraction of sp³-hybridized carbons (Fsp3) is 0.588. The third kappa shape index (κ3) is 4.30. The monoisotopic (exact) mass is 339 g/mol. The molecule has 2 rings (SSSR count). The van der Waals surface area contributed by atoms with Gasteiger partial charge in [-0.15, -0.1) is 0 Å². The average Bonchev–Trinajstić information content (AvgIpc) is 3.01. The Labute approximate surface area is 143 Å². The van der Waals surface area contributed by atoms with E-state index in [1.165, 1.54) is 0 Å². The van der Waals surface area contributed by atoms with Gasteiger partial charge in [0, 0.05) is 24.2 Å². The van der Waals surface area contributed by atoms with E-state index in [1.807, 2.05) is 32.0 Å². The lowest BCUT2D eigenvalue weighted by Crippen LogP contribution is -2.49. The van der Waals surface area contributed by atoms with Crippen molar-refractivity contribution in [2.75, 3.05) is 25.1 Å². The predicted octanol–water partition coefficient (Wildman–Crippen LogP) is 2.42. The molecule has 1 aromatic rings. The summed E-state index contributed by atoms with van der Waals surface area (Å²) in [5, 5.41) is 3.74. The van der Waals surface area contributed by atoms with E-state index in [0.29, 0.717) is 5.02 Å². The summed E-state index contributed by atoms with van der Waals surface area (Å²) in [6.07, 6.45) is 1.78. The van der Waals surface area contributed by atoms with E-state index in [1.54, 1.807) is 7.11 Å². The van der Waals surface area contributed by atoms with Crippen molar-refractivity contribution in [1.82, 2.24) is 5.32 Å². The number of anilines is 1. The van der Waals surface area contributed by atoms with Gasteiger partial charge in [-0.05, 0) is 30.5 Å². The molecule has 23 heavy (non-hydrogen) atoms. The average molecular weight is 340 g/mol. The molecular formula is C17H26ClN3O2. The van der Waals surface area contributed by atoms with Crippen LogP contribution < -0.4 is 20.7 Å². The van der Waals surface area contributed by atoms with Crippen molar-refractivity contribution >= 4 is 23.2 Å². The molecule has 1 aliphatic heterocycles. The highest BCUT2D eigenvalue weighted by Gasteiger charge is 2.28. The van der Waals surface area contributed by atoms with Crippen LogP contribution in [-0.4, -0.2) is 38.2 Å². The molecule has 3 unspecified atom stereocenters. The van der Waals surface area contributed by atoms with E-state index >= 15 is 0 Å². The summed E-state index contributed by atoms with van der Waals surface area (Å²) >= 11 is 6.10. The van der Waals surface area contributed by atoms with Crippen LogP contribution in [0.5, 0.6) is 5.75 Å². The lowest BCUT2D eigenvalue weighted by atomic mass is 9.99. The highest BCUT2D eigenvalue weighted by atomic mass is 35.5. The summed E-state index contributed by atoms with van der Waals surface area (Å²) in [5.74, 6) is 0.905. The molecule has 1 aliphatic rings. The molecule has 0 saturated carbocycles. The minimum atomic E-state index is -0.449. The zero-order valence-electron chi connectivity index (χ0n) is 14.0. The Hall–Kier alpha value is -1.46. The molecule has 0 spiro atoms. The number of hydrogen-bond acceptors (Lipinski definition) is 4. The Bertz CT molecular complexity index is 553. The molecule has 0 aliphatic carbocycles. The fourth-order valence-electron chi connectivity index (χ4n) is 2.82. The maximum Gasteiger partial charge on any atom is 0.237 e. The van der Waals surface area contributed by atoms with Gasteiger partial charge in [0.1, 0.15) is 5.75 Å². The first-order chi connectivity index (χ1) is 11.0. The first kappa shape index (κ1) is 17.9. The number of nitrogens with zero attached hydrogens (tertiary/aromatic N) is 1. The van der Waals surface area contributed by atoms with Crippen LogP contribution in [0.25, 0.3) is 0 Å². The van der Waals surface area contributed by atoms with Crippen LogP contribution in [0.4, 0.5) is 5.69 Å². The number of benzene rings is 1. The van der Waals surface area contributed by atoms with Gasteiger partial charge in [0.15, 0.2) is 0 Å². The first-order valence-electron chi connectivity index (χ1n) is 8.10. The number of ether oxygens (including phenoxy) is 1. The summed E-state index contributed by atoms with van der Waals surface area (Å²) in [6.45, 7) is 5.62. The van der Waals surface area contributed by atoms with E-state index in [2.05, 4.69) is 10.2 Å². The van der Waals surface area contributed by atoms with Crippen molar-refractivity contribution in [1.29, 1.82) is 0 Å². The van der Waals surface area contributed by atoms with Gasteiger partial charge in [0.25, 0.3) is 0 Å². The highest BCUT2D eigenvalue weighted by Crippen LogP contribution is 2.33. The SMILES string of the molecule is CCC(C)C(N)C(=O)NC1CCN(c2cc(Cl)ccc2OC)C1. The van der Waals surface area contributed by atoms with E-state index < -0.39 is 6.04 Å². The van der Waals surface area contributed by atoms with Crippen LogP contribution in [0.1, 0.15) is 26.7 Å². The van der Waals surface area contributed by atoms with Crippen LogP contribution in [0.2, 0.25) is 5.02 Å². The van der Waals surface area contributed by atoms with Crippen LogP contribution in [0, 0.1) is 5.92 Å². The molecule has 3 N–H and O–H groups in total. The molecular weight excluding hydrogens is 314 g/mol. The Morgan fingerprint density at radius 1 is 1.57 bits per heavy atom. The molecule has 5 nitrogen and oxygen atoms in total. The second-order valence-corrected chi connectivity index (χ2v) is 6.60. The van der Waals surface area contributed by atoms with Crippen LogP contribution in [0.15, 0.2) is 18.2 Å². The Balaban J connectivity index is 1.99. The van der Waals surface area contributed by atoms with Gasteiger partial charge in [-0.25, -0.2) is 0 Å². The minimum Gasteiger partial charge on any atom is -0.495 e. The summed E-state index contributed by atoms with van der Waals surface area (Å²) in [7, 11) is 1.65. The number of methoxy groups -OCH3 is 1. The van der Waals surface area contributed by atoms with E-state index in [4.69, 9.17) is 22.1 Å². The lowest BCUT2D eigenvalue weighted by molar-refractivity contribution is -0.124. The van der Waals surface area contributed by atoms with E-state index in [9.17, 15) is 4.79 Å². The molecule has 3 atom stereocenters. The van der Waals surface area contributed by atoms with Crippen molar-refractivity contribution in [2.24, 2.45) is 11.7 Å². The van der Waals surface area contributed by atoms with Crippen molar-refractivity contribution in [3.8, 4) is 5.75 Å². The molecule has 6 heteroatoms. The second-order valence-electron chi connectivity index (χ2n) is 6.17. The lowest BCUT2D eigenvalue weighted by Gasteiger charge is -2.23. The molecule has 1 fully saturated rings. The van der Waals surface area contributed by atoms with Gasteiger partial charge in [-0.2, -0.15) is 0 Å². The highest BCUT2D eigenvalue weighted by molar-refractivity contribution is 6.30. The fourth-order valence-corrected chi connectivity index (χ4v) is 2.98. The third-order valence-electron chi connectivity index (χ3n) is 4.58. The predicted molar refractivity (Wildman–Crippen MR) is 94.2 cm³/mol. The molecule has 128 valence electrons. The summed E-state index contributed by atoms with van der Waals surface area (Å²) in [6, 6.07) is 5.22. The van der Waals surface area contributed by atoms with Crippen LogP contribution in [-0.2, 0) is 4.79 Å². The number of hydrogen-bond donors (Lipinski definition) is 2. The van der Waals surface area contributed by atoms with Gasteiger partial charge in [0.05, 0.1) is 18.8 Å². The largest absolute Gasteiger partial charge is 0.495 e. The van der Waals surface area contributed by atoms with Gasteiger partial charge >= 0.3 is 0 Å². The number of halogens is 1. The van der Waals surface area contributed by atoms with E-state index in [0.717, 1.165) is 37.4 Å². The van der Waals surface area contributed by atoms with Crippen molar-refractivity contribution in [3.63, 3.8) is 0 Å². The van der Waals surface area contributed by atoms with Gasteiger partial charge in [-0.1, -0.05) is 31.9 Å². The molecule has 1 heterocycles. The minimum absolute atomic E-state index is 0.0655. The molecule has 1 amide bonds. The Kier molecular flexibility index (Phi) is 6.13. The molecule has 1 aromatic carbocycles. The van der Waals surface area contributed by atoms with Gasteiger partial charge in [0.2, 0.25) is 5.91 Å². The van der Waals surface area contributed by atoms with Crippen molar-refractivity contribution < 1.29 is 9.53 Å². The van der Waals surface area contributed by atoms with Crippen LogP contribution in [0.3, 0.4) is 0 Å². The molecule has 1 saturated heterocycles. The van der Waals surface area contributed by atoms with Crippen molar-refractivity contribution in [3.05, 3.63) is 23.2 Å². The van der Waals surface area contributed by atoms with Crippen LogP contribution >= 0.6 is 11.6 Å². The number of carbonyl (C=O) groups is 1. The summed E-state index contributed by atoms with van der Waals surface area (Å²) in [5.41, 5.74) is 6.96.